The highest BCUT2D eigenvalue weighted by Crippen LogP contribution is 1.97. The largest absolute Gasteiger partial charge is 0.480 e. The van der Waals surface area contributed by atoms with E-state index in [0.717, 1.165) is 0 Å². The van der Waals surface area contributed by atoms with Crippen molar-refractivity contribution >= 4 is 5.97 Å². The summed E-state index contributed by atoms with van der Waals surface area (Å²) in [4.78, 5) is 9.12. The van der Waals surface area contributed by atoms with Gasteiger partial charge in [-0.3, -0.25) is 0 Å². The first-order chi connectivity index (χ1) is 8.33. The maximum Gasteiger partial charge on any atom is 0.329 e. The Hall–Kier alpha value is -0.730. The van der Waals surface area contributed by atoms with Gasteiger partial charge in [-0.2, -0.15) is 0 Å². The molecule has 0 fully saturated rings. The Kier molecular flexibility index (Phi) is 13.9. The standard InChI is InChI=1S/C9H20O4.C2H4O3/c1-7(11)5-12-9(3)6-13-8(2)4-10;3-1-2(4)5/h7-11H,4-6H2,1-3H3;3H,1H2,(H,4,5). The maximum absolute atomic E-state index is 9.12. The van der Waals surface area contributed by atoms with E-state index in [1.165, 1.54) is 0 Å². The number of carboxylic acid groups (broad SMARTS) is 1. The highest BCUT2D eigenvalue weighted by atomic mass is 16.5. The third-order valence-corrected chi connectivity index (χ3v) is 1.63. The van der Waals surface area contributed by atoms with Gasteiger partial charge in [-0.15, -0.1) is 0 Å². The Morgan fingerprint density at radius 3 is 1.83 bits per heavy atom. The summed E-state index contributed by atoms with van der Waals surface area (Å²) in [6.45, 7) is 5.33. The summed E-state index contributed by atoms with van der Waals surface area (Å²) in [6, 6.07) is 0. The summed E-state index contributed by atoms with van der Waals surface area (Å²) in [5, 5.41) is 32.6. The molecule has 0 saturated heterocycles. The number of carboxylic acids is 1. The monoisotopic (exact) mass is 268 g/mol. The molecule has 0 aromatic rings. The Morgan fingerprint density at radius 2 is 1.50 bits per heavy atom. The van der Waals surface area contributed by atoms with E-state index >= 15 is 0 Å². The Bertz CT molecular complexity index is 196. The van der Waals surface area contributed by atoms with E-state index in [1.54, 1.807) is 13.8 Å². The topological polar surface area (TPSA) is 116 Å². The summed E-state index contributed by atoms with van der Waals surface area (Å²) in [5.41, 5.74) is 0. The second kappa shape index (κ2) is 12.7. The van der Waals surface area contributed by atoms with E-state index in [0.29, 0.717) is 13.2 Å². The van der Waals surface area contributed by atoms with Crippen molar-refractivity contribution in [3.05, 3.63) is 0 Å². The summed E-state index contributed by atoms with van der Waals surface area (Å²) in [5.74, 6) is -1.19. The summed E-state index contributed by atoms with van der Waals surface area (Å²) < 4.78 is 10.5. The molecule has 4 N–H and O–H groups in total. The smallest absolute Gasteiger partial charge is 0.329 e. The molecule has 0 aliphatic carbocycles. The molecule has 0 radical (unpaired) electrons. The fraction of sp³-hybridized carbons (Fsp3) is 0.909. The van der Waals surface area contributed by atoms with Crippen molar-refractivity contribution in [3.8, 4) is 0 Å². The Labute approximate surface area is 107 Å². The molecule has 0 heterocycles. The number of rotatable bonds is 8. The lowest BCUT2D eigenvalue weighted by atomic mass is 10.4. The van der Waals surface area contributed by atoms with Gasteiger partial charge < -0.3 is 29.9 Å². The molecule has 0 amide bonds. The van der Waals surface area contributed by atoms with Crippen molar-refractivity contribution in [3.63, 3.8) is 0 Å². The van der Waals surface area contributed by atoms with E-state index in [1.807, 2.05) is 6.92 Å². The minimum Gasteiger partial charge on any atom is -0.480 e. The van der Waals surface area contributed by atoms with Gasteiger partial charge >= 0.3 is 5.97 Å². The predicted molar refractivity (Wildman–Crippen MR) is 64.3 cm³/mol. The van der Waals surface area contributed by atoms with Crippen LogP contribution in [0.5, 0.6) is 0 Å². The molecule has 18 heavy (non-hydrogen) atoms. The van der Waals surface area contributed by atoms with Crippen LogP contribution in [0.15, 0.2) is 0 Å². The normalized spacial score (nSPS) is 15.2. The van der Waals surface area contributed by atoms with Gasteiger partial charge in [0.05, 0.1) is 38.1 Å². The van der Waals surface area contributed by atoms with Crippen molar-refractivity contribution in [2.24, 2.45) is 0 Å². The average Bonchev–Trinajstić information content (AvgIpc) is 2.33. The number of hydrogen-bond donors (Lipinski definition) is 4. The van der Waals surface area contributed by atoms with Crippen molar-refractivity contribution in [1.29, 1.82) is 0 Å². The van der Waals surface area contributed by atoms with E-state index in [4.69, 9.17) is 34.7 Å². The maximum atomic E-state index is 9.12. The van der Waals surface area contributed by atoms with Gasteiger partial charge in [0, 0.05) is 0 Å². The third kappa shape index (κ3) is 17.7. The quantitative estimate of drug-likeness (QED) is 0.457. The van der Waals surface area contributed by atoms with Crippen LogP contribution in [-0.4, -0.2) is 71.1 Å². The van der Waals surface area contributed by atoms with Crippen molar-refractivity contribution in [2.75, 3.05) is 26.4 Å². The van der Waals surface area contributed by atoms with Crippen LogP contribution in [0.25, 0.3) is 0 Å². The average molecular weight is 268 g/mol. The highest BCUT2D eigenvalue weighted by Gasteiger charge is 2.06. The molecular weight excluding hydrogens is 244 g/mol. The van der Waals surface area contributed by atoms with Crippen molar-refractivity contribution in [1.82, 2.24) is 0 Å². The summed E-state index contributed by atoms with van der Waals surface area (Å²) >= 11 is 0. The lowest BCUT2D eigenvalue weighted by Gasteiger charge is -2.16. The van der Waals surface area contributed by atoms with E-state index in [2.05, 4.69) is 0 Å². The molecule has 0 aromatic heterocycles. The van der Waals surface area contributed by atoms with Crippen LogP contribution >= 0.6 is 0 Å². The highest BCUT2D eigenvalue weighted by molar-refractivity contribution is 5.67. The van der Waals surface area contributed by atoms with Gasteiger partial charge in [-0.25, -0.2) is 4.79 Å². The first-order valence-electron chi connectivity index (χ1n) is 5.68. The molecule has 0 bridgehead atoms. The zero-order valence-electron chi connectivity index (χ0n) is 11.1. The van der Waals surface area contributed by atoms with Crippen LogP contribution in [0, 0.1) is 0 Å². The number of aliphatic hydroxyl groups is 3. The van der Waals surface area contributed by atoms with Crippen molar-refractivity contribution < 1.29 is 34.7 Å². The number of carbonyl (C=O) groups is 1. The van der Waals surface area contributed by atoms with Gasteiger partial charge in [0.2, 0.25) is 0 Å². The molecule has 0 aliphatic rings. The molecule has 0 spiro atoms. The van der Waals surface area contributed by atoms with Crippen LogP contribution in [-0.2, 0) is 14.3 Å². The fourth-order valence-electron chi connectivity index (χ4n) is 0.704. The number of hydrogen-bond acceptors (Lipinski definition) is 6. The van der Waals surface area contributed by atoms with Crippen LogP contribution in [0.3, 0.4) is 0 Å². The van der Waals surface area contributed by atoms with Gasteiger partial charge in [0.1, 0.15) is 6.61 Å². The zero-order chi connectivity index (χ0) is 14.6. The number of aliphatic carboxylic acids is 1. The van der Waals surface area contributed by atoms with Crippen LogP contribution in [0.2, 0.25) is 0 Å². The van der Waals surface area contributed by atoms with Gasteiger partial charge in [-0.05, 0) is 20.8 Å². The molecule has 7 heteroatoms. The molecule has 0 rings (SSSR count). The second-order valence-electron chi connectivity index (χ2n) is 3.87. The molecule has 110 valence electrons. The van der Waals surface area contributed by atoms with Gasteiger partial charge in [0.25, 0.3) is 0 Å². The molecule has 0 aliphatic heterocycles. The first-order valence-corrected chi connectivity index (χ1v) is 5.68. The Balaban J connectivity index is 0. The predicted octanol–water partition coefficient (Wildman–Crippen LogP) is -0.767. The number of aliphatic hydroxyl groups excluding tert-OH is 3. The van der Waals surface area contributed by atoms with Crippen molar-refractivity contribution in [2.45, 2.75) is 39.1 Å². The number of ether oxygens (including phenoxy) is 2. The van der Waals surface area contributed by atoms with Gasteiger partial charge in [-0.1, -0.05) is 0 Å². The zero-order valence-corrected chi connectivity index (χ0v) is 11.1. The molecular formula is C11H24O7. The minimum absolute atomic E-state index is 0.0170. The van der Waals surface area contributed by atoms with Gasteiger partial charge in [0.15, 0.2) is 0 Å². The van der Waals surface area contributed by atoms with E-state index in [9.17, 15) is 0 Å². The van der Waals surface area contributed by atoms with Crippen LogP contribution < -0.4 is 0 Å². The first kappa shape index (κ1) is 19.6. The molecule has 0 saturated carbocycles. The molecule has 7 nitrogen and oxygen atoms in total. The summed E-state index contributed by atoms with van der Waals surface area (Å²) in [6.07, 6.45) is -0.654. The fourth-order valence-corrected chi connectivity index (χ4v) is 0.704. The van der Waals surface area contributed by atoms with E-state index in [-0.39, 0.29) is 18.8 Å². The van der Waals surface area contributed by atoms with Crippen LogP contribution in [0.1, 0.15) is 20.8 Å². The Morgan fingerprint density at radius 1 is 1.06 bits per heavy atom. The lowest BCUT2D eigenvalue weighted by Crippen LogP contribution is -2.24. The molecule has 0 aromatic carbocycles. The molecule has 3 unspecified atom stereocenters. The SMILES string of the molecule is CC(O)COC(C)COC(C)CO.O=C(O)CO. The van der Waals surface area contributed by atoms with E-state index < -0.39 is 18.7 Å². The van der Waals surface area contributed by atoms with Crippen LogP contribution in [0.4, 0.5) is 0 Å². The minimum atomic E-state index is -1.19. The second-order valence-corrected chi connectivity index (χ2v) is 3.87. The lowest BCUT2D eigenvalue weighted by molar-refractivity contribution is -0.140. The summed E-state index contributed by atoms with van der Waals surface area (Å²) in [7, 11) is 0. The molecule has 3 atom stereocenters. The third-order valence-electron chi connectivity index (χ3n) is 1.63.